The van der Waals surface area contributed by atoms with Crippen molar-refractivity contribution < 1.29 is 14.3 Å². The van der Waals surface area contributed by atoms with E-state index in [4.69, 9.17) is 9.47 Å². The van der Waals surface area contributed by atoms with E-state index in [1.54, 1.807) is 6.20 Å². The Labute approximate surface area is 161 Å². The fourth-order valence-electron chi connectivity index (χ4n) is 4.46. The van der Waals surface area contributed by atoms with Gasteiger partial charge in [-0.1, -0.05) is 19.3 Å². The smallest absolute Gasteiger partial charge is 0.255 e. The van der Waals surface area contributed by atoms with Crippen LogP contribution < -0.4 is 4.74 Å². The summed E-state index contributed by atoms with van der Waals surface area (Å²) in [5.41, 5.74) is 0.653. The number of hydrogen-bond donors (Lipinski definition) is 0. The maximum atomic E-state index is 12.8. The van der Waals surface area contributed by atoms with Crippen molar-refractivity contribution in [1.29, 1.82) is 0 Å². The van der Waals surface area contributed by atoms with Gasteiger partial charge in [0.05, 0.1) is 18.8 Å². The molecule has 6 nitrogen and oxygen atoms in total. The highest BCUT2D eigenvalue weighted by Crippen LogP contribution is 2.24. The second-order valence-electron chi connectivity index (χ2n) is 7.93. The number of carbonyl (C=O) groups excluding carboxylic acids is 1. The number of carbonyl (C=O) groups is 1. The van der Waals surface area contributed by atoms with Crippen molar-refractivity contribution in [2.45, 2.75) is 57.1 Å². The highest BCUT2D eigenvalue weighted by atomic mass is 16.5. The van der Waals surface area contributed by atoms with Crippen molar-refractivity contribution in [3.8, 4) is 5.88 Å². The minimum Gasteiger partial charge on any atom is -0.474 e. The minimum absolute atomic E-state index is 0.0865. The van der Waals surface area contributed by atoms with E-state index in [0.717, 1.165) is 58.3 Å². The van der Waals surface area contributed by atoms with Gasteiger partial charge in [-0.15, -0.1) is 0 Å². The Balaban J connectivity index is 1.28. The third-order valence-electron chi connectivity index (χ3n) is 6.13. The van der Waals surface area contributed by atoms with Crippen LogP contribution in [-0.4, -0.2) is 72.2 Å². The Hall–Kier alpha value is -1.66. The first-order valence-corrected chi connectivity index (χ1v) is 10.5. The maximum absolute atomic E-state index is 12.8. The number of aromatic nitrogens is 1. The molecule has 0 bridgehead atoms. The summed E-state index contributed by atoms with van der Waals surface area (Å²) in [6.07, 6.45) is 10.4. The molecule has 1 aromatic rings. The van der Waals surface area contributed by atoms with Gasteiger partial charge in [0, 0.05) is 57.3 Å². The summed E-state index contributed by atoms with van der Waals surface area (Å²) in [5, 5.41) is 0. The van der Waals surface area contributed by atoms with Crippen molar-refractivity contribution in [3.63, 3.8) is 0 Å². The maximum Gasteiger partial charge on any atom is 0.255 e. The molecule has 6 heteroatoms. The number of ether oxygens (including phenoxy) is 2. The second kappa shape index (κ2) is 9.02. The number of amides is 1. The molecule has 0 unspecified atom stereocenters. The van der Waals surface area contributed by atoms with E-state index in [1.165, 1.54) is 32.1 Å². The van der Waals surface area contributed by atoms with Gasteiger partial charge in [-0.05, 0) is 18.9 Å². The third-order valence-corrected chi connectivity index (χ3v) is 6.13. The number of piperazine rings is 1. The summed E-state index contributed by atoms with van der Waals surface area (Å²) in [6, 6.07) is 4.40. The van der Waals surface area contributed by atoms with Crippen molar-refractivity contribution >= 4 is 5.91 Å². The van der Waals surface area contributed by atoms with E-state index >= 15 is 0 Å². The van der Waals surface area contributed by atoms with Crippen LogP contribution in [-0.2, 0) is 4.74 Å². The fraction of sp³-hybridized carbons (Fsp3) is 0.714. The van der Waals surface area contributed by atoms with Crippen molar-refractivity contribution in [1.82, 2.24) is 14.8 Å². The Morgan fingerprint density at radius 3 is 2.41 bits per heavy atom. The Kier molecular flexibility index (Phi) is 6.24. The monoisotopic (exact) mass is 373 g/mol. The molecule has 2 aliphatic heterocycles. The number of rotatable bonds is 4. The zero-order chi connectivity index (χ0) is 18.5. The molecule has 4 rings (SSSR count). The predicted octanol–water partition coefficient (Wildman–Crippen LogP) is 2.73. The lowest BCUT2D eigenvalue weighted by Crippen LogP contribution is -2.52. The van der Waals surface area contributed by atoms with Crippen LogP contribution >= 0.6 is 0 Å². The Morgan fingerprint density at radius 1 is 1.00 bits per heavy atom. The molecule has 3 fully saturated rings. The van der Waals surface area contributed by atoms with Crippen molar-refractivity contribution in [2.75, 3.05) is 39.4 Å². The van der Waals surface area contributed by atoms with Gasteiger partial charge in [-0.2, -0.15) is 0 Å². The molecule has 0 atom stereocenters. The lowest BCUT2D eigenvalue weighted by molar-refractivity contribution is 0.0237. The summed E-state index contributed by atoms with van der Waals surface area (Å²) in [7, 11) is 0. The molecule has 0 aromatic carbocycles. The molecular weight excluding hydrogens is 342 g/mol. The van der Waals surface area contributed by atoms with Gasteiger partial charge in [-0.3, -0.25) is 9.69 Å². The number of nitrogens with zero attached hydrogens (tertiary/aromatic N) is 3. The SMILES string of the molecule is O=C(c1ccc(OC2CCOCC2)nc1)N1CCN(C2CCCCC2)CC1. The predicted molar refractivity (Wildman–Crippen MR) is 103 cm³/mol. The first-order valence-electron chi connectivity index (χ1n) is 10.5. The van der Waals surface area contributed by atoms with E-state index in [0.29, 0.717) is 11.4 Å². The van der Waals surface area contributed by atoms with Crippen LogP contribution in [0.4, 0.5) is 0 Å². The van der Waals surface area contributed by atoms with Crippen molar-refractivity contribution in [3.05, 3.63) is 23.9 Å². The van der Waals surface area contributed by atoms with Crippen molar-refractivity contribution in [2.24, 2.45) is 0 Å². The topological polar surface area (TPSA) is 54.9 Å². The molecule has 148 valence electrons. The molecule has 1 aliphatic carbocycles. The molecule has 1 saturated carbocycles. The van der Waals surface area contributed by atoms with Gasteiger partial charge < -0.3 is 14.4 Å². The lowest BCUT2D eigenvalue weighted by Gasteiger charge is -2.40. The lowest BCUT2D eigenvalue weighted by atomic mass is 9.94. The third kappa shape index (κ3) is 4.79. The molecule has 27 heavy (non-hydrogen) atoms. The summed E-state index contributed by atoms with van der Waals surface area (Å²) >= 11 is 0. The van der Waals surface area contributed by atoms with Crippen LogP contribution in [0.5, 0.6) is 5.88 Å². The van der Waals surface area contributed by atoms with Crippen LogP contribution in [0, 0.1) is 0 Å². The number of hydrogen-bond acceptors (Lipinski definition) is 5. The molecule has 0 radical (unpaired) electrons. The van der Waals surface area contributed by atoms with Crippen LogP contribution in [0.3, 0.4) is 0 Å². The van der Waals surface area contributed by atoms with Crippen LogP contribution in [0.2, 0.25) is 0 Å². The average Bonchev–Trinajstić information content (AvgIpc) is 2.75. The summed E-state index contributed by atoms with van der Waals surface area (Å²) in [5.74, 6) is 0.684. The highest BCUT2D eigenvalue weighted by molar-refractivity contribution is 5.94. The normalized spacial score (nSPS) is 23.3. The zero-order valence-corrected chi connectivity index (χ0v) is 16.1. The van der Waals surface area contributed by atoms with Gasteiger partial charge in [-0.25, -0.2) is 4.98 Å². The Bertz CT molecular complexity index is 602. The minimum atomic E-state index is 0.0865. The van der Waals surface area contributed by atoms with E-state index in [2.05, 4.69) is 9.88 Å². The number of pyridine rings is 1. The summed E-state index contributed by atoms with van der Waals surface area (Å²) in [4.78, 5) is 21.7. The molecule has 0 N–H and O–H groups in total. The van der Waals surface area contributed by atoms with Gasteiger partial charge in [0.2, 0.25) is 5.88 Å². The highest BCUT2D eigenvalue weighted by Gasteiger charge is 2.27. The summed E-state index contributed by atoms with van der Waals surface area (Å²) < 4.78 is 11.2. The average molecular weight is 373 g/mol. The first kappa shape index (κ1) is 18.7. The largest absolute Gasteiger partial charge is 0.474 e. The fourth-order valence-corrected chi connectivity index (χ4v) is 4.46. The molecule has 2 saturated heterocycles. The zero-order valence-electron chi connectivity index (χ0n) is 16.1. The molecular formula is C21H31N3O3. The van der Waals surface area contributed by atoms with E-state index in [9.17, 15) is 4.79 Å². The summed E-state index contributed by atoms with van der Waals surface area (Å²) in [6.45, 7) is 5.11. The molecule has 1 aromatic heterocycles. The first-order chi connectivity index (χ1) is 13.3. The van der Waals surface area contributed by atoms with Crippen LogP contribution in [0.25, 0.3) is 0 Å². The van der Waals surface area contributed by atoms with Gasteiger partial charge in [0.15, 0.2) is 0 Å². The Morgan fingerprint density at radius 2 is 1.74 bits per heavy atom. The van der Waals surface area contributed by atoms with Crippen LogP contribution in [0.15, 0.2) is 18.3 Å². The van der Waals surface area contributed by atoms with Crippen LogP contribution in [0.1, 0.15) is 55.3 Å². The quantitative estimate of drug-likeness (QED) is 0.812. The molecule has 0 spiro atoms. The van der Waals surface area contributed by atoms with E-state index in [1.807, 2.05) is 17.0 Å². The van der Waals surface area contributed by atoms with Gasteiger partial charge in [0.25, 0.3) is 5.91 Å². The van der Waals surface area contributed by atoms with E-state index < -0.39 is 0 Å². The second-order valence-corrected chi connectivity index (χ2v) is 7.93. The molecule has 3 aliphatic rings. The van der Waals surface area contributed by atoms with Gasteiger partial charge >= 0.3 is 0 Å². The van der Waals surface area contributed by atoms with E-state index in [-0.39, 0.29) is 12.0 Å². The molecule has 3 heterocycles. The molecule has 1 amide bonds. The standard InChI is InChI=1S/C21H31N3O3/c25-21(24-12-10-23(11-13-24)18-4-2-1-3-5-18)17-6-7-20(22-16-17)27-19-8-14-26-15-9-19/h6-7,16,18-19H,1-5,8-15H2. The van der Waals surface area contributed by atoms with Gasteiger partial charge in [0.1, 0.15) is 6.10 Å².